The standard InChI is InChI=1S/C13H21ClN2/c1-3-15-9-11-16(2)10-8-12-4-6-13(14)7-5-12/h4-7,15H,3,8-11H2,1-2H3. The van der Waals surface area contributed by atoms with Gasteiger partial charge in [0.2, 0.25) is 0 Å². The molecule has 2 nitrogen and oxygen atoms in total. The Hall–Kier alpha value is -0.570. The average molecular weight is 241 g/mol. The molecule has 0 atom stereocenters. The van der Waals surface area contributed by atoms with Crippen LogP contribution in [0.1, 0.15) is 12.5 Å². The van der Waals surface area contributed by atoms with E-state index in [9.17, 15) is 0 Å². The van der Waals surface area contributed by atoms with Gasteiger partial charge in [0.1, 0.15) is 0 Å². The van der Waals surface area contributed by atoms with Gasteiger partial charge >= 0.3 is 0 Å². The minimum Gasteiger partial charge on any atom is -0.316 e. The first kappa shape index (κ1) is 13.5. The van der Waals surface area contributed by atoms with Crippen LogP contribution >= 0.6 is 11.6 Å². The predicted molar refractivity (Wildman–Crippen MR) is 71.2 cm³/mol. The summed E-state index contributed by atoms with van der Waals surface area (Å²) in [5.74, 6) is 0. The topological polar surface area (TPSA) is 15.3 Å². The molecule has 0 amide bonds. The molecule has 1 rings (SSSR count). The van der Waals surface area contributed by atoms with Gasteiger partial charge in [-0.3, -0.25) is 0 Å². The second kappa shape index (κ2) is 7.66. The van der Waals surface area contributed by atoms with E-state index in [2.05, 4.69) is 36.3 Å². The number of halogens is 1. The van der Waals surface area contributed by atoms with Gasteiger partial charge in [0.15, 0.2) is 0 Å². The molecule has 90 valence electrons. The summed E-state index contributed by atoms with van der Waals surface area (Å²) in [6.45, 7) is 6.43. The maximum atomic E-state index is 5.84. The van der Waals surface area contributed by atoms with Crippen LogP contribution in [-0.2, 0) is 6.42 Å². The third-order valence-electron chi connectivity index (χ3n) is 2.62. The lowest BCUT2D eigenvalue weighted by molar-refractivity contribution is 0.337. The molecule has 1 aromatic carbocycles. The maximum Gasteiger partial charge on any atom is 0.0406 e. The summed E-state index contributed by atoms with van der Waals surface area (Å²) >= 11 is 5.84. The quantitative estimate of drug-likeness (QED) is 0.737. The van der Waals surface area contributed by atoms with Gasteiger partial charge in [-0.2, -0.15) is 0 Å². The van der Waals surface area contributed by atoms with E-state index in [1.54, 1.807) is 0 Å². The molecule has 0 saturated heterocycles. The first-order valence-electron chi connectivity index (χ1n) is 5.86. The zero-order valence-corrected chi connectivity index (χ0v) is 10.9. The van der Waals surface area contributed by atoms with Crippen LogP contribution < -0.4 is 5.32 Å². The monoisotopic (exact) mass is 240 g/mol. The van der Waals surface area contributed by atoms with Crippen LogP contribution in [0.25, 0.3) is 0 Å². The number of nitrogens with one attached hydrogen (secondary N) is 1. The summed E-state index contributed by atoms with van der Waals surface area (Å²) in [6.07, 6.45) is 1.08. The summed E-state index contributed by atoms with van der Waals surface area (Å²) in [6, 6.07) is 8.10. The third kappa shape index (κ3) is 5.50. The van der Waals surface area contributed by atoms with Gasteiger partial charge < -0.3 is 10.2 Å². The largest absolute Gasteiger partial charge is 0.316 e. The minimum absolute atomic E-state index is 0.809. The van der Waals surface area contributed by atoms with E-state index in [0.717, 1.165) is 37.6 Å². The average Bonchev–Trinajstić information content (AvgIpc) is 2.29. The Morgan fingerprint density at radius 3 is 2.50 bits per heavy atom. The fourth-order valence-electron chi connectivity index (χ4n) is 1.53. The fourth-order valence-corrected chi connectivity index (χ4v) is 1.66. The SMILES string of the molecule is CCNCCN(C)CCc1ccc(Cl)cc1. The third-order valence-corrected chi connectivity index (χ3v) is 2.87. The lowest BCUT2D eigenvalue weighted by atomic mass is 10.1. The Balaban J connectivity index is 2.20. The molecule has 0 spiro atoms. The van der Waals surface area contributed by atoms with Gasteiger partial charge in [-0.25, -0.2) is 0 Å². The summed E-state index contributed by atoms with van der Waals surface area (Å²) in [5, 5.41) is 4.14. The number of nitrogens with zero attached hydrogens (tertiary/aromatic N) is 1. The van der Waals surface area contributed by atoms with E-state index in [4.69, 9.17) is 11.6 Å². The van der Waals surface area contributed by atoms with Gasteiger partial charge in [0.05, 0.1) is 0 Å². The molecule has 0 saturated carbocycles. The van der Waals surface area contributed by atoms with Crippen molar-refractivity contribution in [3.8, 4) is 0 Å². The van der Waals surface area contributed by atoms with Crippen molar-refractivity contribution >= 4 is 11.6 Å². The molecule has 0 aliphatic rings. The van der Waals surface area contributed by atoms with Crippen LogP contribution in [0.4, 0.5) is 0 Å². The minimum atomic E-state index is 0.809. The van der Waals surface area contributed by atoms with Gasteiger partial charge in [0.25, 0.3) is 0 Å². The molecular weight excluding hydrogens is 220 g/mol. The van der Waals surface area contributed by atoms with Crippen LogP contribution in [0.5, 0.6) is 0 Å². The van der Waals surface area contributed by atoms with E-state index >= 15 is 0 Å². The summed E-state index contributed by atoms with van der Waals surface area (Å²) in [5.41, 5.74) is 1.35. The molecule has 16 heavy (non-hydrogen) atoms. The molecule has 3 heteroatoms. The van der Waals surface area contributed by atoms with E-state index in [1.807, 2.05) is 12.1 Å². The zero-order chi connectivity index (χ0) is 11.8. The van der Waals surface area contributed by atoms with E-state index in [1.165, 1.54) is 5.56 Å². The molecule has 0 unspecified atom stereocenters. The Morgan fingerprint density at radius 1 is 1.19 bits per heavy atom. The van der Waals surface area contributed by atoms with Crippen LogP contribution in [0, 0.1) is 0 Å². The molecule has 1 N–H and O–H groups in total. The van der Waals surface area contributed by atoms with Crippen molar-refractivity contribution in [2.24, 2.45) is 0 Å². The fraction of sp³-hybridized carbons (Fsp3) is 0.538. The van der Waals surface area contributed by atoms with Gasteiger partial charge in [0, 0.05) is 24.7 Å². The number of rotatable bonds is 7. The van der Waals surface area contributed by atoms with E-state index < -0.39 is 0 Å². The van der Waals surface area contributed by atoms with Crippen molar-refractivity contribution in [3.05, 3.63) is 34.9 Å². The van der Waals surface area contributed by atoms with E-state index in [0.29, 0.717) is 0 Å². The highest BCUT2D eigenvalue weighted by Crippen LogP contribution is 2.09. The highest BCUT2D eigenvalue weighted by Gasteiger charge is 1.99. The van der Waals surface area contributed by atoms with Crippen LogP contribution in [0.2, 0.25) is 5.02 Å². The van der Waals surface area contributed by atoms with Crippen LogP contribution in [-0.4, -0.2) is 38.1 Å². The van der Waals surface area contributed by atoms with Crippen molar-refractivity contribution in [2.75, 3.05) is 33.2 Å². The summed E-state index contributed by atoms with van der Waals surface area (Å²) in [7, 11) is 2.16. The Bertz CT molecular complexity index is 284. The number of benzene rings is 1. The lowest BCUT2D eigenvalue weighted by Gasteiger charge is -2.16. The highest BCUT2D eigenvalue weighted by atomic mass is 35.5. The second-order valence-corrected chi connectivity index (χ2v) is 4.47. The van der Waals surface area contributed by atoms with Crippen molar-refractivity contribution < 1.29 is 0 Å². The van der Waals surface area contributed by atoms with Crippen molar-refractivity contribution in [1.29, 1.82) is 0 Å². The number of hydrogen-bond acceptors (Lipinski definition) is 2. The van der Waals surface area contributed by atoms with Crippen molar-refractivity contribution in [1.82, 2.24) is 10.2 Å². The summed E-state index contributed by atoms with van der Waals surface area (Å²) < 4.78 is 0. The molecule has 1 aromatic rings. The first-order chi connectivity index (χ1) is 7.72. The van der Waals surface area contributed by atoms with E-state index in [-0.39, 0.29) is 0 Å². The lowest BCUT2D eigenvalue weighted by Crippen LogP contribution is -2.30. The predicted octanol–water partition coefficient (Wildman–Crippen LogP) is 2.42. The van der Waals surface area contributed by atoms with Gasteiger partial charge in [-0.1, -0.05) is 30.7 Å². The van der Waals surface area contributed by atoms with Gasteiger partial charge in [-0.05, 0) is 37.7 Å². The Morgan fingerprint density at radius 2 is 1.88 bits per heavy atom. The zero-order valence-electron chi connectivity index (χ0n) is 10.2. The molecule has 0 aromatic heterocycles. The smallest absolute Gasteiger partial charge is 0.0406 e. The maximum absolute atomic E-state index is 5.84. The first-order valence-corrected chi connectivity index (χ1v) is 6.24. The number of hydrogen-bond donors (Lipinski definition) is 1. The molecule has 0 fully saturated rings. The molecule has 0 heterocycles. The van der Waals surface area contributed by atoms with Gasteiger partial charge in [-0.15, -0.1) is 0 Å². The molecule has 0 radical (unpaired) electrons. The Kier molecular flexibility index (Phi) is 6.46. The second-order valence-electron chi connectivity index (χ2n) is 4.03. The molecule has 0 aliphatic heterocycles. The van der Waals surface area contributed by atoms with Crippen molar-refractivity contribution in [2.45, 2.75) is 13.3 Å². The number of likely N-dealkylation sites (N-methyl/N-ethyl adjacent to an activating group) is 2. The molecular formula is C13H21ClN2. The van der Waals surface area contributed by atoms with Crippen LogP contribution in [0.3, 0.4) is 0 Å². The molecule has 0 bridgehead atoms. The highest BCUT2D eigenvalue weighted by molar-refractivity contribution is 6.30. The Labute approximate surface area is 104 Å². The normalized spacial score (nSPS) is 11.0. The van der Waals surface area contributed by atoms with Crippen LogP contribution in [0.15, 0.2) is 24.3 Å². The summed E-state index contributed by atoms with van der Waals surface area (Å²) in [4.78, 5) is 2.34. The van der Waals surface area contributed by atoms with Crippen molar-refractivity contribution in [3.63, 3.8) is 0 Å². The molecule has 0 aliphatic carbocycles.